The molecule has 1 saturated heterocycles. The lowest BCUT2D eigenvalue weighted by molar-refractivity contribution is 0.254. The van der Waals surface area contributed by atoms with Crippen molar-refractivity contribution in [1.29, 1.82) is 0 Å². The maximum absolute atomic E-state index is 5.47. The predicted octanol–water partition coefficient (Wildman–Crippen LogP) is 2.25. The molecule has 1 fully saturated rings. The first kappa shape index (κ1) is 23.0. The van der Waals surface area contributed by atoms with Gasteiger partial charge in [-0.1, -0.05) is 19.0 Å². The van der Waals surface area contributed by atoms with Gasteiger partial charge in [0.25, 0.3) is 0 Å². The smallest absolute Gasteiger partial charge is 0.225 e. The maximum Gasteiger partial charge on any atom is 0.225 e. The van der Waals surface area contributed by atoms with E-state index in [9.17, 15) is 0 Å². The monoisotopic (exact) mass is 428 g/mol. The number of guanidine groups is 1. The SMILES string of the molecule is CCC(CC)c1cc(CNC(=NC)NCCCN2CCN(c3ncccn3)CC2)on1. The standard InChI is InChI=1S/C22H36N8O/c1-4-18(5-2)20-16-19(31-28-20)17-27-21(23-3)24-10-7-11-29-12-14-30(15-13-29)22-25-8-6-9-26-22/h6,8-9,16,18H,4-5,7,10-15,17H2,1-3H3,(H2,23,24,27). The van der Waals surface area contributed by atoms with Crippen molar-refractivity contribution in [3.8, 4) is 0 Å². The molecular weight excluding hydrogens is 392 g/mol. The first-order valence-corrected chi connectivity index (χ1v) is 11.4. The van der Waals surface area contributed by atoms with Gasteiger partial charge in [0.05, 0.1) is 12.2 Å². The molecule has 0 amide bonds. The first-order valence-electron chi connectivity index (χ1n) is 11.4. The largest absolute Gasteiger partial charge is 0.359 e. The highest BCUT2D eigenvalue weighted by atomic mass is 16.5. The van der Waals surface area contributed by atoms with E-state index in [1.165, 1.54) is 0 Å². The molecule has 2 aromatic rings. The van der Waals surface area contributed by atoms with Crippen LogP contribution in [0.3, 0.4) is 0 Å². The van der Waals surface area contributed by atoms with Crippen LogP contribution in [0.25, 0.3) is 0 Å². The van der Waals surface area contributed by atoms with E-state index < -0.39 is 0 Å². The van der Waals surface area contributed by atoms with Crippen molar-refractivity contribution in [2.45, 2.75) is 45.6 Å². The fourth-order valence-corrected chi connectivity index (χ4v) is 3.84. The molecule has 0 atom stereocenters. The normalized spacial score (nSPS) is 15.5. The molecule has 0 bridgehead atoms. The van der Waals surface area contributed by atoms with Crippen LogP contribution in [0.1, 0.15) is 50.5 Å². The van der Waals surface area contributed by atoms with Gasteiger partial charge in [0.15, 0.2) is 11.7 Å². The maximum atomic E-state index is 5.47. The predicted molar refractivity (Wildman–Crippen MR) is 123 cm³/mol. The van der Waals surface area contributed by atoms with Crippen LogP contribution in [0, 0.1) is 0 Å². The number of hydrogen-bond donors (Lipinski definition) is 2. The lowest BCUT2D eigenvalue weighted by Gasteiger charge is -2.34. The van der Waals surface area contributed by atoms with E-state index in [-0.39, 0.29) is 0 Å². The summed E-state index contributed by atoms with van der Waals surface area (Å²) in [5.41, 5.74) is 1.05. The Morgan fingerprint density at radius 3 is 2.55 bits per heavy atom. The lowest BCUT2D eigenvalue weighted by Crippen LogP contribution is -2.47. The van der Waals surface area contributed by atoms with Gasteiger partial charge in [0.2, 0.25) is 5.95 Å². The Morgan fingerprint density at radius 1 is 1.13 bits per heavy atom. The molecule has 2 aromatic heterocycles. The van der Waals surface area contributed by atoms with Crippen molar-refractivity contribution in [3.05, 3.63) is 36.0 Å². The van der Waals surface area contributed by atoms with Crippen LogP contribution >= 0.6 is 0 Å². The van der Waals surface area contributed by atoms with Gasteiger partial charge >= 0.3 is 0 Å². The molecule has 0 spiro atoms. The van der Waals surface area contributed by atoms with E-state index >= 15 is 0 Å². The number of anilines is 1. The number of hydrogen-bond acceptors (Lipinski definition) is 7. The average molecular weight is 429 g/mol. The molecule has 1 aliphatic rings. The fraction of sp³-hybridized carbons (Fsp3) is 0.636. The molecule has 0 saturated carbocycles. The van der Waals surface area contributed by atoms with Crippen LogP contribution in [0.5, 0.6) is 0 Å². The third-order valence-electron chi connectivity index (χ3n) is 5.79. The van der Waals surface area contributed by atoms with Gasteiger partial charge in [0.1, 0.15) is 0 Å². The topological polar surface area (TPSA) is 94.7 Å². The highest BCUT2D eigenvalue weighted by molar-refractivity contribution is 5.79. The van der Waals surface area contributed by atoms with E-state index in [4.69, 9.17) is 4.52 Å². The van der Waals surface area contributed by atoms with Gasteiger partial charge in [-0.3, -0.25) is 9.89 Å². The summed E-state index contributed by atoms with van der Waals surface area (Å²) in [4.78, 5) is 17.7. The summed E-state index contributed by atoms with van der Waals surface area (Å²) in [6.07, 6.45) is 6.82. The van der Waals surface area contributed by atoms with E-state index in [0.717, 1.165) is 81.9 Å². The summed E-state index contributed by atoms with van der Waals surface area (Å²) in [5.74, 6) is 2.92. The van der Waals surface area contributed by atoms with Crippen molar-refractivity contribution < 1.29 is 4.52 Å². The Balaban J connectivity index is 1.31. The van der Waals surface area contributed by atoms with Crippen LogP contribution in [-0.2, 0) is 6.54 Å². The second kappa shape index (κ2) is 12.2. The number of aromatic nitrogens is 3. The van der Waals surface area contributed by atoms with E-state index in [0.29, 0.717) is 12.5 Å². The highest BCUT2D eigenvalue weighted by Gasteiger charge is 2.18. The van der Waals surface area contributed by atoms with Crippen molar-refractivity contribution in [2.24, 2.45) is 4.99 Å². The number of nitrogens with one attached hydrogen (secondary N) is 2. The summed E-state index contributed by atoms with van der Waals surface area (Å²) in [5, 5.41) is 10.9. The van der Waals surface area contributed by atoms with Crippen molar-refractivity contribution in [1.82, 2.24) is 30.7 Å². The summed E-state index contributed by atoms with van der Waals surface area (Å²) >= 11 is 0. The van der Waals surface area contributed by atoms with Gasteiger partial charge in [-0.15, -0.1) is 0 Å². The van der Waals surface area contributed by atoms with Crippen LogP contribution in [-0.4, -0.2) is 72.3 Å². The van der Waals surface area contributed by atoms with Gasteiger partial charge in [0, 0.05) is 64.1 Å². The van der Waals surface area contributed by atoms with Crippen molar-refractivity contribution >= 4 is 11.9 Å². The zero-order valence-electron chi connectivity index (χ0n) is 19.0. The number of rotatable bonds is 10. The summed E-state index contributed by atoms with van der Waals surface area (Å²) in [7, 11) is 1.79. The molecule has 1 aliphatic heterocycles. The number of aliphatic imine (C=N–C) groups is 1. The molecular formula is C22H36N8O. The molecule has 9 nitrogen and oxygen atoms in total. The van der Waals surface area contributed by atoms with Gasteiger partial charge < -0.3 is 20.1 Å². The fourth-order valence-electron chi connectivity index (χ4n) is 3.84. The summed E-state index contributed by atoms with van der Waals surface area (Å²) in [6.45, 7) is 10.9. The third kappa shape index (κ3) is 6.92. The molecule has 9 heteroatoms. The number of piperazine rings is 1. The highest BCUT2D eigenvalue weighted by Crippen LogP contribution is 2.22. The second-order valence-corrected chi connectivity index (χ2v) is 7.82. The molecule has 0 aliphatic carbocycles. The molecule has 31 heavy (non-hydrogen) atoms. The van der Waals surface area contributed by atoms with Gasteiger partial charge in [-0.2, -0.15) is 0 Å². The zero-order chi connectivity index (χ0) is 21.9. The summed E-state index contributed by atoms with van der Waals surface area (Å²) < 4.78 is 5.47. The molecule has 3 rings (SSSR count). The lowest BCUT2D eigenvalue weighted by atomic mass is 9.99. The van der Waals surface area contributed by atoms with E-state index in [1.807, 2.05) is 6.07 Å². The first-order chi connectivity index (χ1) is 15.2. The third-order valence-corrected chi connectivity index (χ3v) is 5.79. The summed E-state index contributed by atoms with van der Waals surface area (Å²) in [6, 6.07) is 3.91. The molecule has 170 valence electrons. The Bertz CT molecular complexity index is 782. The van der Waals surface area contributed by atoms with Crippen LogP contribution < -0.4 is 15.5 Å². The molecule has 0 unspecified atom stereocenters. The van der Waals surface area contributed by atoms with E-state index in [1.54, 1.807) is 19.4 Å². The Morgan fingerprint density at radius 2 is 1.87 bits per heavy atom. The number of nitrogens with zero attached hydrogens (tertiary/aromatic N) is 6. The van der Waals surface area contributed by atoms with Crippen molar-refractivity contribution in [2.75, 3.05) is 51.2 Å². The molecule has 0 aromatic carbocycles. The Labute approximate surface area is 185 Å². The van der Waals surface area contributed by atoms with Gasteiger partial charge in [-0.25, -0.2) is 9.97 Å². The van der Waals surface area contributed by atoms with Crippen LogP contribution in [0.2, 0.25) is 0 Å². The minimum absolute atomic E-state index is 0.469. The quantitative estimate of drug-likeness (QED) is 0.338. The minimum atomic E-state index is 0.469. The minimum Gasteiger partial charge on any atom is -0.359 e. The molecule has 3 heterocycles. The van der Waals surface area contributed by atoms with Crippen LogP contribution in [0.15, 0.2) is 34.0 Å². The Kier molecular flexibility index (Phi) is 9.08. The average Bonchev–Trinajstić information content (AvgIpc) is 3.29. The van der Waals surface area contributed by atoms with Crippen LogP contribution in [0.4, 0.5) is 5.95 Å². The van der Waals surface area contributed by atoms with Crippen molar-refractivity contribution in [3.63, 3.8) is 0 Å². The van der Waals surface area contributed by atoms with Gasteiger partial charge in [-0.05, 0) is 31.9 Å². The Hall–Kier alpha value is -2.68. The second-order valence-electron chi connectivity index (χ2n) is 7.82. The molecule has 2 N–H and O–H groups in total. The zero-order valence-corrected chi connectivity index (χ0v) is 19.0. The van der Waals surface area contributed by atoms with E-state index in [2.05, 4.69) is 60.5 Å². The molecule has 0 radical (unpaired) electrons.